The summed E-state index contributed by atoms with van der Waals surface area (Å²) in [6.07, 6.45) is -1.22. The first kappa shape index (κ1) is 21.3. The number of carbonyl (C=O) groups excluding carboxylic acids is 1. The van der Waals surface area contributed by atoms with Crippen LogP contribution in [0.5, 0.6) is 5.75 Å². The Bertz CT molecular complexity index is 837. The Balaban J connectivity index is 1.98. The third-order valence-electron chi connectivity index (χ3n) is 5.07. The van der Waals surface area contributed by atoms with E-state index in [0.717, 1.165) is 5.56 Å². The van der Waals surface area contributed by atoms with Crippen molar-refractivity contribution in [3.05, 3.63) is 64.7 Å². The largest absolute Gasteiger partial charge is 0.467 e. The molecular weight excluding hydrogens is 374 g/mol. The quantitative estimate of drug-likeness (QED) is 0.651. The summed E-state index contributed by atoms with van der Waals surface area (Å²) in [5, 5.41) is 11.1. The van der Waals surface area contributed by atoms with Crippen molar-refractivity contribution in [1.82, 2.24) is 4.90 Å². The van der Waals surface area contributed by atoms with Crippen molar-refractivity contribution in [1.29, 1.82) is 0 Å². The van der Waals surface area contributed by atoms with Gasteiger partial charge in [-0.3, -0.25) is 4.79 Å². The predicted molar refractivity (Wildman–Crippen MR) is 106 cm³/mol. The zero-order chi connectivity index (χ0) is 21.0. The highest BCUT2D eigenvalue weighted by molar-refractivity contribution is 6.00. The maximum atomic E-state index is 13.1. The maximum Gasteiger partial charge on any atom is 0.256 e. The second-order valence-electron chi connectivity index (χ2n) is 6.92. The molecule has 1 heterocycles. The summed E-state index contributed by atoms with van der Waals surface area (Å²) in [5.74, 6) is 0.101. The average Bonchev–Trinajstić information content (AvgIpc) is 2.99. The summed E-state index contributed by atoms with van der Waals surface area (Å²) < 4.78 is 21.5. The molecule has 1 aliphatic heterocycles. The third-order valence-corrected chi connectivity index (χ3v) is 5.07. The Morgan fingerprint density at radius 1 is 1.07 bits per heavy atom. The standard InChI is InChI=1S/C22H27NO6/c1-14(12-15-8-6-5-7-9-15)23-20(24)16-10-11-17(22(27-3)28-4)19(29-13-26-2)18(16)21(23)25/h5-11,14,21-22,25H,12-13H2,1-4H3. The van der Waals surface area contributed by atoms with Crippen LogP contribution in [-0.2, 0) is 20.6 Å². The van der Waals surface area contributed by atoms with E-state index in [9.17, 15) is 9.90 Å². The molecule has 0 spiro atoms. The van der Waals surface area contributed by atoms with Crippen molar-refractivity contribution < 1.29 is 28.8 Å². The first-order valence-electron chi connectivity index (χ1n) is 9.42. The van der Waals surface area contributed by atoms with Gasteiger partial charge in [0.1, 0.15) is 5.75 Å². The second kappa shape index (κ2) is 9.37. The van der Waals surface area contributed by atoms with Gasteiger partial charge < -0.3 is 29.0 Å². The lowest BCUT2D eigenvalue weighted by molar-refractivity contribution is -0.108. The predicted octanol–water partition coefficient (Wildman–Crippen LogP) is 3.04. The smallest absolute Gasteiger partial charge is 0.256 e. The van der Waals surface area contributed by atoms with E-state index in [2.05, 4.69) is 0 Å². The summed E-state index contributed by atoms with van der Waals surface area (Å²) in [4.78, 5) is 14.6. The average molecular weight is 401 g/mol. The molecule has 0 saturated carbocycles. The molecule has 3 rings (SSSR count). The molecular formula is C22H27NO6. The molecule has 0 radical (unpaired) electrons. The molecule has 1 aliphatic rings. The van der Waals surface area contributed by atoms with Crippen LogP contribution in [0.4, 0.5) is 0 Å². The molecule has 2 atom stereocenters. The van der Waals surface area contributed by atoms with Crippen LogP contribution in [0.15, 0.2) is 42.5 Å². The van der Waals surface area contributed by atoms with E-state index in [4.69, 9.17) is 18.9 Å². The molecule has 1 amide bonds. The van der Waals surface area contributed by atoms with Gasteiger partial charge in [0.15, 0.2) is 19.3 Å². The zero-order valence-electron chi connectivity index (χ0n) is 17.1. The molecule has 7 nitrogen and oxygen atoms in total. The highest BCUT2D eigenvalue weighted by Crippen LogP contribution is 2.44. The number of fused-ring (bicyclic) bond motifs is 1. The Kier molecular flexibility index (Phi) is 6.87. The van der Waals surface area contributed by atoms with Gasteiger partial charge in [0.25, 0.3) is 5.91 Å². The zero-order valence-corrected chi connectivity index (χ0v) is 17.1. The highest BCUT2D eigenvalue weighted by atomic mass is 16.7. The van der Waals surface area contributed by atoms with E-state index in [0.29, 0.717) is 28.9 Å². The number of nitrogens with zero attached hydrogens (tertiary/aromatic N) is 1. The monoisotopic (exact) mass is 401 g/mol. The number of ether oxygens (including phenoxy) is 4. The molecule has 0 saturated heterocycles. The summed E-state index contributed by atoms with van der Waals surface area (Å²) >= 11 is 0. The van der Waals surface area contributed by atoms with Crippen molar-refractivity contribution in [3.8, 4) is 5.75 Å². The molecule has 0 aromatic heterocycles. The van der Waals surface area contributed by atoms with Crippen molar-refractivity contribution in [2.24, 2.45) is 0 Å². The Morgan fingerprint density at radius 3 is 2.38 bits per heavy atom. The molecule has 2 aromatic carbocycles. The number of methoxy groups -OCH3 is 3. The molecule has 2 aromatic rings. The minimum absolute atomic E-state index is 0.0376. The van der Waals surface area contributed by atoms with Crippen molar-refractivity contribution in [2.45, 2.75) is 31.9 Å². The summed E-state index contributed by atoms with van der Waals surface area (Å²) in [7, 11) is 4.53. The normalized spacial score (nSPS) is 17.0. The van der Waals surface area contributed by atoms with Crippen LogP contribution in [0.25, 0.3) is 0 Å². The number of amides is 1. The van der Waals surface area contributed by atoms with Crippen LogP contribution in [-0.4, -0.2) is 50.1 Å². The van der Waals surface area contributed by atoms with Gasteiger partial charge in [-0.2, -0.15) is 0 Å². The highest BCUT2D eigenvalue weighted by Gasteiger charge is 2.42. The van der Waals surface area contributed by atoms with Crippen LogP contribution in [0, 0.1) is 0 Å². The number of benzene rings is 2. The molecule has 156 valence electrons. The van der Waals surface area contributed by atoms with E-state index in [1.807, 2.05) is 37.3 Å². The third kappa shape index (κ3) is 4.13. The molecule has 2 unspecified atom stereocenters. The molecule has 1 N–H and O–H groups in total. The molecule has 7 heteroatoms. The van der Waals surface area contributed by atoms with Gasteiger partial charge in [-0.1, -0.05) is 30.3 Å². The van der Waals surface area contributed by atoms with Crippen molar-refractivity contribution in [2.75, 3.05) is 28.1 Å². The topological polar surface area (TPSA) is 77.5 Å². The lowest BCUT2D eigenvalue weighted by atomic mass is 10.0. The fourth-order valence-corrected chi connectivity index (χ4v) is 3.76. The summed E-state index contributed by atoms with van der Waals surface area (Å²) in [6, 6.07) is 13.0. The van der Waals surface area contributed by atoms with Crippen LogP contribution in [0.1, 0.15) is 46.5 Å². The lowest BCUT2D eigenvalue weighted by Crippen LogP contribution is -2.37. The van der Waals surface area contributed by atoms with E-state index < -0.39 is 12.5 Å². The first-order valence-corrected chi connectivity index (χ1v) is 9.42. The number of rotatable bonds is 9. The van der Waals surface area contributed by atoms with E-state index >= 15 is 0 Å². The Morgan fingerprint density at radius 2 is 1.76 bits per heavy atom. The number of aliphatic hydroxyl groups excluding tert-OH is 1. The van der Waals surface area contributed by atoms with Crippen LogP contribution in [0.3, 0.4) is 0 Å². The van der Waals surface area contributed by atoms with E-state index in [1.54, 1.807) is 12.1 Å². The van der Waals surface area contributed by atoms with Gasteiger partial charge in [0.2, 0.25) is 0 Å². The van der Waals surface area contributed by atoms with Crippen LogP contribution in [0.2, 0.25) is 0 Å². The number of aliphatic hydroxyl groups is 1. The second-order valence-corrected chi connectivity index (χ2v) is 6.92. The van der Waals surface area contributed by atoms with Crippen LogP contribution < -0.4 is 4.74 Å². The minimum atomic E-state index is -1.14. The van der Waals surface area contributed by atoms with Gasteiger partial charge in [-0.15, -0.1) is 0 Å². The lowest BCUT2D eigenvalue weighted by Gasteiger charge is -2.29. The van der Waals surface area contributed by atoms with Crippen molar-refractivity contribution >= 4 is 5.91 Å². The Labute approximate surface area is 170 Å². The number of carbonyl (C=O) groups is 1. The van der Waals surface area contributed by atoms with E-state index in [1.165, 1.54) is 26.2 Å². The fourth-order valence-electron chi connectivity index (χ4n) is 3.76. The Hall–Kier alpha value is -2.45. The minimum Gasteiger partial charge on any atom is -0.467 e. The van der Waals surface area contributed by atoms with Gasteiger partial charge in [-0.25, -0.2) is 0 Å². The molecule has 0 fully saturated rings. The first-order chi connectivity index (χ1) is 14.0. The molecule has 0 bridgehead atoms. The van der Waals surface area contributed by atoms with Gasteiger partial charge in [-0.05, 0) is 31.0 Å². The molecule has 29 heavy (non-hydrogen) atoms. The fraction of sp³-hybridized carbons (Fsp3) is 0.409. The number of hydrogen-bond donors (Lipinski definition) is 1. The van der Waals surface area contributed by atoms with E-state index in [-0.39, 0.29) is 18.7 Å². The maximum absolute atomic E-state index is 13.1. The van der Waals surface area contributed by atoms with Gasteiger partial charge in [0, 0.05) is 27.4 Å². The number of hydrogen-bond acceptors (Lipinski definition) is 6. The van der Waals surface area contributed by atoms with Gasteiger partial charge >= 0.3 is 0 Å². The summed E-state index contributed by atoms with van der Waals surface area (Å²) in [5.41, 5.74) is 2.48. The summed E-state index contributed by atoms with van der Waals surface area (Å²) in [6.45, 7) is 1.88. The van der Waals surface area contributed by atoms with Gasteiger partial charge in [0.05, 0.1) is 16.7 Å². The SMILES string of the molecule is COCOc1c(C(OC)OC)ccc2c1C(O)N(C(C)Cc1ccccc1)C2=O. The van der Waals surface area contributed by atoms with Crippen LogP contribution >= 0.6 is 0 Å². The van der Waals surface area contributed by atoms with Crippen molar-refractivity contribution in [3.63, 3.8) is 0 Å². The molecule has 0 aliphatic carbocycles.